The molecule has 0 spiro atoms. The van der Waals surface area contributed by atoms with E-state index in [0.29, 0.717) is 12.5 Å². The van der Waals surface area contributed by atoms with Crippen molar-refractivity contribution < 1.29 is 4.74 Å². The zero-order chi connectivity index (χ0) is 15.1. The van der Waals surface area contributed by atoms with Gasteiger partial charge in [-0.1, -0.05) is 38.1 Å². The molecule has 0 amide bonds. The van der Waals surface area contributed by atoms with Gasteiger partial charge in [-0.15, -0.1) is 0 Å². The molecule has 4 heteroatoms. The Morgan fingerprint density at radius 2 is 1.90 bits per heavy atom. The minimum Gasteiger partial charge on any atom is -0.383 e. The van der Waals surface area contributed by atoms with Gasteiger partial charge in [-0.05, 0) is 23.5 Å². The predicted octanol–water partition coefficient (Wildman–Crippen LogP) is 3.34. The van der Waals surface area contributed by atoms with Crippen LogP contribution in [0.4, 0.5) is 5.69 Å². The van der Waals surface area contributed by atoms with Crippen molar-refractivity contribution >= 4 is 5.69 Å². The van der Waals surface area contributed by atoms with Crippen molar-refractivity contribution in [3.8, 4) is 0 Å². The van der Waals surface area contributed by atoms with Crippen molar-refractivity contribution in [2.75, 3.05) is 19.0 Å². The van der Waals surface area contributed by atoms with Crippen LogP contribution in [0.2, 0.25) is 0 Å². The van der Waals surface area contributed by atoms with Gasteiger partial charge >= 0.3 is 0 Å². The summed E-state index contributed by atoms with van der Waals surface area (Å²) in [5, 5.41) is 7.68. The van der Waals surface area contributed by atoms with E-state index in [1.165, 1.54) is 11.1 Å². The molecule has 1 aromatic heterocycles. The number of aromatic nitrogens is 2. The van der Waals surface area contributed by atoms with E-state index in [4.69, 9.17) is 4.74 Å². The van der Waals surface area contributed by atoms with Gasteiger partial charge in [-0.25, -0.2) is 0 Å². The van der Waals surface area contributed by atoms with E-state index in [2.05, 4.69) is 48.5 Å². The molecule has 0 saturated carbocycles. The molecular weight excluding hydrogens is 262 g/mol. The van der Waals surface area contributed by atoms with E-state index in [9.17, 15) is 0 Å². The molecule has 1 heterocycles. The SMILES string of the molecule is COCCn1cc(NCc2ccc(CC(C)C)cc2)cn1. The van der Waals surface area contributed by atoms with Crippen LogP contribution in [0, 0.1) is 5.92 Å². The van der Waals surface area contributed by atoms with Crippen LogP contribution in [-0.2, 0) is 24.2 Å². The Morgan fingerprint density at radius 3 is 2.57 bits per heavy atom. The highest BCUT2D eigenvalue weighted by atomic mass is 16.5. The Balaban J connectivity index is 1.83. The number of anilines is 1. The summed E-state index contributed by atoms with van der Waals surface area (Å²) in [6.07, 6.45) is 4.99. The molecule has 0 fully saturated rings. The molecule has 2 aromatic rings. The maximum Gasteiger partial charge on any atom is 0.0729 e. The van der Waals surface area contributed by atoms with Crippen molar-refractivity contribution in [2.45, 2.75) is 33.4 Å². The summed E-state index contributed by atoms with van der Waals surface area (Å²) in [6, 6.07) is 8.83. The van der Waals surface area contributed by atoms with Gasteiger partial charge in [-0.2, -0.15) is 5.10 Å². The largest absolute Gasteiger partial charge is 0.383 e. The minimum atomic E-state index is 0.679. The van der Waals surface area contributed by atoms with Crippen LogP contribution in [-0.4, -0.2) is 23.5 Å². The molecule has 0 aliphatic heterocycles. The van der Waals surface area contributed by atoms with Crippen LogP contribution < -0.4 is 5.32 Å². The third-order valence-corrected chi connectivity index (χ3v) is 3.32. The molecular formula is C17H25N3O. The molecule has 0 atom stereocenters. The number of methoxy groups -OCH3 is 1. The molecule has 1 N–H and O–H groups in total. The van der Waals surface area contributed by atoms with Crippen molar-refractivity contribution in [1.82, 2.24) is 9.78 Å². The summed E-state index contributed by atoms with van der Waals surface area (Å²) >= 11 is 0. The van der Waals surface area contributed by atoms with Crippen molar-refractivity contribution in [2.24, 2.45) is 5.92 Å². The summed E-state index contributed by atoms with van der Waals surface area (Å²) in [7, 11) is 1.70. The normalized spacial score (nSPS) is 11.0. The maximum absolute atomic E-state index is 5.04. The van der Waals surface area contributed by atoms with Gasteiger partial charge in [-0.3, -0.25) is 4.68 Å². The molecule has 2 rings (SSSR count). The predicted molar refractivity (Wildman–Crippen MR) is 86.4 cm³/mol. The van der Waals surface area contributed by atoms with Gasteiger partial charge in [0.15, 0.2) is 0 Å². The van der Waals surface area contributed by atoms with E-state index < -0.39 is 0 Å². The van der Waals surface area contributed by atoms with Crippen LogP contribution in [0.5, 0.6) is 0 Å². The minimum absolute atomic E-state index is 0.679. The van der Waals surface area contributed by atoms with Crippen LogP contribution in [0.15, 0.2) is 36.7 Å². The molecule has 0 bridgehead atoms. The maximum atomic E-state index is 5.04. The van der Waals surface area contributed by atoms with Gasteiger partial charge in [0.1, 0.15) is 0 Å². The average molecular weight is 287 g/mol. The Kier molecular flexibility index (Phi) is 5.81. The molecule has 4 nitrogen and oxygen atoms in total. The highest BCUT2D eigenvalue weighted by Crippen LogP contribution is 2.12. The number of nitrogens with zero attached hydrogens (tertiary/aromatic N) is 2. The van der Waals surface area contributed by atoms with Crippen LogP contribution in [0.25, 0.3) is 0 Å². The molecule has 1 aromatic carbocycles. The second kappa shape index (κ2) is 7.84. The average Bonchev–Trinajstić information content (AvgIpc) is 2.92. The topological polar surface area (TPSA) is 39.1 Å². The molecule has 0 radical (unpaired) electrons. The standard InChI is InChI=1S/C17H25N3O/c1-14(2)10-15-4-6-16(7-5-15)11-18-17-12-19-20(13-17)8-9-21-3/h4-7,12-14,18H,8-11H2,1-3H3. The zero-order valence-corrected chi connectivity index (χ0v) is 13.2. The number of hydrogen-bond donors (Lipinski definition) is 1. The molecule has 0 unspecified atom stereocenters. The lowest BCUT2D eigenvalue weighted by Crippen LogP contribution is -2.04. The summed E-state index contributed by atoms with van der Waals surface area (Å²) < 4.78 is 6.93. The second-order valence-electron chi connectivity index (χ2n) is 5.75. The molecule has 114 valence electrons. The lowest BCUT2D eigenvalue weighted by atomic mass is 10.0. The molecule has 0 aliphatic carbocycles. The van der Waals surface area contributed by atoms with E-state index in [0.717, 1.165) is 25.2 Å². The first-order valence-corrected chi connectivity index (χ1v) is 7.50. The first-order valence-electron chi connectivity index (χ1n) is 7.50. The third kappa shape index (κ3) is 5.23. The molecule has 0 aliphatic rings. The quantitative estimate of drug-likeness (QED) is 0.809. The van der Waals surface area contributed by atoms with Crippen LogP contribution >= 0.6 is 0 Å². The highest BCUT2D eigenvalue weighted by Gasteiger charge is 2.00. The van der Waals surface area contributed by atoms with Crippen molar-refractivity contribution in [3.63, 3.8) is 0 Å². The Morgan fingerprint density at radius 1 is 1.19 bits per heavy atom. The van der Waals surface area contributed by atoms with Gasteiger partial charge in [0, 0.05) is 19.9 Å². The number of benzene rings is 1. The Labute approximate surface area is 127 Å². The van der Waals surface area contributed by atoms with E-state index in [1.807, 2.05) is 17.1 Å². The summed E-state index contributed by atoms with van der Waals surface area (Å²) in [5.74, 6) is 0.701. The third-order valence-electron chi connectivity index (χ3n) is 3.32. The first kappa shape index (κ1) is 15.6. The van der Waals surface area contributed by atoms with Crippen LogP contribution in [0.3, 0.4) is 0 Å². The number of rotatable bonds is 8. The monoisotopic (exact) mass is 287 g/mol. The van der Waals surface area contributed by atoms with Gasteiger partial charge in [0.05, 0.1) is 25.0 Å². The second-order valence-corrected chi connectivity index (χ2v) is 5.75. The molecule has 21 heavy (non-hydrogen) atoms. The number of ether oxygens (including phenoxy) is 1. The lowest BCUT2D eigenvalue weighted by molar-refractivity contribution is 0.183. The number of nitrogens with one attached hydrogen (secondary N) is 1. The van der Waals surface area contributed by atoms with Crippen LogP contribution in [0.1, 0.15) is 25.0 Å². The Bertz CT molecular complexity index is 531. The smallest absolute Gasteiger partial charge is 0.0729 e. The number of hydrogen-bond acceptors (Lipinski definition) is 3. The highest BCUT2D eigenvalue weighted by molar-refractivity contribution is 5.39. The van der Waals surface area contributed by atoms with Crippen molar-refractivity contribution in [1.29, 1.82) is 0 Å². The summed E-state index contributed by atoms with van der Waals surface area (Å²) in [6.45, 7) is 6.77. The zero-order valence-electron chi connectivity index (χ0n) is 13.2. The fraction of sp³-hybridized carbons (Fsp3) is 0.471. The summed E-state index contributed by atoms with van der Waals surface area (Å²) in [5.41, 5.74) is 3.73. The molecule has 0 saturated heterocycles. The first-order chi connectivity index (χ1) is 10.2. The van der Waals surface area contributed by atoms with Gasteiger partial charge < -0.3 is 10.1 Å². The fourth-order valence-electron chi connectivity index (χ4n) is 2.23. The van der Waals surface area contributed by atoms with Gasteiger partial charge in [0.2, 0.25) is 0 Å². The van der Waals surface area contributed by atoms with Gasteiger partial charge in [0.25, 0.3) is 0 Å². The van der Waals surface area contributed by atoms with E-state index in [-0.39, 0.29) is 0 Å². The van der Waals surface area contributed by atoms with Crippen molar-refractivity contribution in [3.05, 3.63) is 47.8 Å². The Hall–Kier alpha value is -1.81. The lowest BCUT2D eigenvalue weighted by Gasteiger charge is -2.07. The van der Waals surface area contributed by atoms with E-state index >= 15 is 0 Å². The van der Waals surface area contributed by atoms with E-state index in [1.54, 1.807) is 7.11 Å². The fourth-order valence-corrected chi connectivity index (χ4v) is 2.23. The summed E-state index contributed by atoms with van der Waals surface area (Å²) in [4.78, 5) is 0.